The van der Waals surface area contributed by atoms with Crippen molar-refractivity contribution in [2.45, 2.75) is 38.8 Å². The monoisotopic (exact) mass is 435 g/mol. The molecule has 3 aromatic rings. The van der Waals surface area contributed by atoms with Crippen molar-refractivity contribution < 1.29 is 4.79 Å². The van der Waals surface area contributed by atoms with Crippen molar-refractivity contribution in [2.75, 3.05) is 13.1 Å². The SMILES string of the molecule is Cc1cc(C(=O)N2C[C@@H](N)[C@H](c3ccccc3)C2)c2cnn(C(C)C)c2n1.Cl.Cl. The quantitative estimate of drug-likeness (QED) is 0.679. The molecule has 4 rings (SSSR count). The van der Waals surface area contributed by atoms with E-state index in [4.69, 9.17) is 5.73 Å². The first-order valence-corrected chi connectivity index (χ1v) is 9.40. The Hall–Kier alpha value is -2.15. The fourth-order valence-electron chi connectivity index (χ4n) is 3.92. The molecule has 156 valence electrons. The molecule has 0 radical (unpaired) electrons. The lowest BCUT2D eigenvalue weighted by Crippen LogP contribution is -2.32. The Balaban J connectivity index is 0.00000150. The second kappa shape index (κ2) is 9.11. The summed E-state index contributed by atoms with van der Waals surface area (Å²) in [4.78, 5) is 19.8. The smallest absolute Gasteiger partial charge is 0.254 e. The van der Waals surface area contributed by atoms with Crippen molar-refractivity contribution in [1.29, 1.82) is 0 Å². The summed E-state index contributed by atoms with van der Waals surface area (Å²) in [5, 5.41) is 5.24. The van der Waals surface area contributed by atoms with Crippen LogP contribution < -0.4 is 5.73 Å². The van der Waals surface area contributed by atoms with Gasteiger partial charge in [-0.05, 0) is 32.4 Å². The highest BCUT2D eigenvalue weighted by atomic mass is 35.5. The van der Waals surface area contributed by atoms with Gasteiger partial charge in [0, 0.05) is 36.8 Å². The highest BCUT2D eigenvalue weighted by molar-refractivity contribution is 6.05. The molecule has 0 bridgehead atoms. The van der Waals surface area contributed by atoms with Gasteiger partial charge in [0.15, 0.2) is 5.65 Å². The van der Waals surface area contributed by atoms with Gasteiger partial charge in [-0.1, -0.05) is 30.3 Å². The summed E-state index contributed by atoms with van der Waals surface area (Å²) >= 11 is 0. The Morgan fingerprint density at radius 3 is 2.52 bits per heavy atom. The van der Waals surface area contributed by atoms with Crippen LogP contribution in [-0.4, -0.2) is 44.7 Å². The van der Waals surface area contributed by atoms with Gasteiger partial charge in [-0.3, -0.25) is 4.79 Å². The molecule has 3 heterocycles. The molecule has 1 aliphatic heterocycles. The van der Waals surface area contributed by atoms with Gasteiger partial charge in [-0.25, -0.2) is 9.67 Å². The summed E-state index contributed by atoms with van der Waals surface area (Å²) in [6.07, 6.45) is 1.75. The molecular formula is C21H27Cl2N5O. The van der Waals surface area contributed by atoms with Gasteiger partial charge in [0.2, 0.25) is 0 Å². The van der Waals surface area contributed by atoms with Crippen molar-refractivity contribution >= 4 is 41.8 Å². The summed E-state index contributed by atoms with van der Waals surface area (Å²) in [7, 11) is 0. The third-order valence-corrected chi connectivity index (χ3v) is 5.29. The third kappa shape index (κ3) is 4.25. The van der Waals surface area contributed by atoms with E-state index < -0.39 is 0 Å². The number of rotatable bonds is 3. The molecule has 0 aliphatic carbocycles. The maximum absolute atomic E-state index is 13.3. The molecule has 2 atom stereocenters. The van der Waals surface area contributed by atoms with Crippen LogP contribution in [0, 0.1) is 6.92 Å². The number of carbonyl (C=O) groups excluding carboxylic acids is 1. The average Bonchev–Trinajstić information content (AvgIpc) is 3.24. The fourth-order valence-corrected chi connectivity index (χ4v) is 3.92. The fraction of sp³-hybridized carbons (Fsp3) is 0.381. The zero-order chi connectivity index (χ0) is 19.1. The number of nitrogens with two attached hydrogens (primary N) is 1. The van der Waals surface area contributed by atoms with E-state index in [1.807, 2.05) is 40.8 Å². The van der Waals surface area contributed by atoms with Gasteiger partial charge < -0.3 is 10.6 Å². The summed E-state index contributed by atoms with van der Waals surface area (Å²) in [5.74, 6) is 0.162. The third-order valence-electron chi connectivity index (χ3n) is 5.29. The van der Waals surface area contributed by atoms with E-state index in [1.165, 1.54) is 5.56 Å². The number of hydrogen-bond donors (Lipinski definition) is 1. The number of benzene rings is 1. The Morgan fingerprint density at radius 1 is 1.17 bits per heavy atom. The van der Waals surface area contributed by atoms with Crippen molar-refractivity contribution in [3.8, 4) is 0 Å². The van der Waals surface area contributed by atoms with Gasteiger partial charge in [-0.2, -0.15) is 5.10 Å². The largest absolute Gasteiger partial charge is 0.336 e. The number of amides is 1. The minimum Gasteiger partial charge on any atom is -0.336 e. The van der Waals surface area contributed by atoms with Crippen LogP contribution in [0.25, 0.3) is 11.0 Å². The standard InChI is InChI=1S/C21H25N5O.2ClH/c1-13(2)26-20-17(10-23-26)16(9-14(3)24-20)21(27)25-11-18(19(22)12-25)15-7-5-4-6-8-15;;/h4-10,13,18-19H,11-12,22H2,1-3H3;2*1H/t18-,19+;;/m0../s1. The number of carbonyl (C=O) groups is 1. The molecular weight excluding hydrogens is 409 g/mol. The minimum atomic E-state index is -0.0619. The van der Waals surface area contributed by atoms with E-state index in [0.29, 0.717) is 18.7 Å². The molecule has 1 aromatic carbocycles. The first-order valence-electron chi connectivity index (χ1n) is 9.40. The van der Waals surface area contributed by atoms with Crippen LogP contribution in [0.1, 0.15) is 47.4 Å². The van der Waals surface area contributed by atoms with E-state index in [2.05, 4.69) is 36.1 Å². The van der Waals surface area contributed by atoms with E-state index in [1.54, 1.807) is 6.20 Å². The van der Waals surface area contributed by atoms with Crippen LogP contribution in [0.5, 0.6) is 0 Å². The highest BCUT2D eigenvalue weighted by Crippen LogP contribution is 2.29. The van der Waals surface area contributed by atoms with Gasteiger partial charge in [0.1, 0.15) is 0 Å². The lowest BCUT2D eigenvalue weighted by Gasteiger charge is -2.17. The van der Waals surface area contributed by atoms with Crippen molar-refractivity contribution in [1.82, 2.24) is 19.7 Å². The molecule has 6 nitrogen and oxygen atoms in total. The van der Waals surface area contributed by atoms with Gasteiger partial charge in [-0.15, -0.1) is 24.8 Å². The molecule has 2 aromatic heterocycles. The van der Waals surface area contributed by atoms with Crippen molar-refractivity contribution in [3.63, 3.8) is 0 Å². The predicted octanol–water partition coefficient (Wildman–Crippen LogP) is 3.73. The molecule has 0 unspecified atom stereocenters. The molecule has 8 heteroatoms. The molecule has 1 aliphatic rings. The molecule has 0 spiro atoms. The first-order chi connectivity index (χ1) is 13.0. The maximum atomic E-state index is 13.3. The van der Waals surface area contributed by atoms with Crippen molar-refractivity contribution in [2.24, 2.45) is 5.73 Å². The summed E-state index contributed by atoms with van der Waals surface area (Å²) < 4.78 is 1.86. The van der Waals surface area contributed by atoms with E-state index in [-0.39, 0.29) is 48.7 Å². The lowest BCUT2D eigenvalue weighted by molar-refractivity contribution is 0.0791. The number of hydrogen-bond acceptors (Lipinski definition) is 4. The van der Waals surface area contributed by atoms with E-state index in [0.717, 1.165) is 16.7 Å². The maximum Gasteiger partial charge on any atom is 0.254 e. The van der Waals surface area contributed by atoms with Crippen LogP contribution in [0.3, 0.4) is 0 Å². The van der Waals surface area contributed by atoms with E-state index in [9.17, 15) is 4.79 Å². The number of nitrogens with zero attached hydrogens (tertiary/aromatic N) is 4. The van der Waals surface area contributed by atoms with Crippen LogP contribution >= 0.6 is 24.8 Å². The van der Waals surface area contributed by atoms with Gasteiger partial charge >= 0.3 is 0 Å². The molecule has 2 N–H and O–H groups in total. The molecule has 1 amide bonds. The average molecular weight is 436 g/mol. The summed E-state index contributed by atoms with van der Waals surface area (Å²) in [5.41, 5.74) is 9.80. The number of likely N-dealkylation sites (tertiary alicyclic amines) is 1. The summed E-state index contributed by atoms with van der Waals surface area (Å²) in [6, 6.07) is 12.2. The zero-order valence-corrected chi connectivity index (χ0v) is 18.4. The van der Waals surface area contributed by atoms with Crippen molar-refractivity contribution in [3.05, 3.63) is 59.4 Å². The number of halogens is 2. The van der Waals surface area contributed by atoms with Gasteiger partial charge in [0.05, 0.1) is 17.1 Å². The number of aryl methyl sites for hydroxylation is 1. The molecule has 1 fully saturated rings. The first kappa shape index (κ1) is 23.1. The van der Waals surface area contributed by atoms with Crippen LogP contribution in [-0.2, 0) is 0 Å². The number of aromatic nitrogens is 3. The molecule has 0 saturated carbocycles. The Kier molecular flexibility index (Phi) is 7.27. The van der Waals surface area contributed by atoms with Gasteiger partial charge in [0.25, 0.3) is 5.91 Å². The second-order valence-electron chi connectivity index (χ2n) is 7.62. The van der Waals surface area contributed by atoms with Crippen LogP contribution in [0.2, 0.25) is 0 Å². The predicted molar refractivity (Wildman–Crippen MR) is 120 cm³/mol. The number of fused-ring (bicyclic) bond motifs is 1. The minimum absolute atomic E-state index is 0. The van der Waals surface area contributed by atoms with Crippen LogP contribution in [0.15, 0.2) is 42.6 Å². The zero-order valence-electron chi connectivity index (χ0n) is 16.8. The Bertz CT molecular complexity index is 989. The normalized spacial score (nSPS) is 18.6. The topological polar surface area (TPSA) is 77.0 Å². The number of pyridine rings is 1. The molecule has 29 heavy (non-hydrogen) atoms. The highest BCUT2D eigenvalue weighted by Gasteiger charge is 2.35. The Morgan fingerprint density at radius 2 is 1.86 bits per heavy atom. The summed E-state index contributed by atoms with van der Waals surface area (Å²) in [6.45, 7) is 7.21. The lowest BCUT2D eigenvalue weighted by atomic mass is 9.95. The second-order valence-corrected chi connectivity index (χ2v) is 7.62. The van der Waals surface area contributed by atoms with Crippen LogP contribution in [0.4, 0.5) is 0 Å². The Labute approximate surface area is 183 Å². The van der Waals surface area contributed by atoms with E-state index >= 15 is 0 Å². The molecule has 1 saturated heterocycles.